The summed E-state index contributed by atoms with van der Waals surface area (Å²) in [6.07, 6.45) is 7.00. The van der Waals surface area contributed by atoms with Gasteiger partial charge in [0.05, 0.1) is 0 Å². The van der Waals surface area contributed by atoms with E-state index >= 15 is 0 Å². The SMILES string of the molecule is CN(CC1CCCCC1)c1ccc(CBr)c(Cl)c1. The summed E-state index contributed by atoms with van der Waals surface area (Å²) in [7, 11) is 2.17. The summed E-state index contributed by atoms with van der Waals surface area (Å²) >= 11 is 9.71. The van der Waals surface area contributed by atoms with Gasteiger partial charge in [0.25, 0.3) is 0 Å². The molecule has 1 aromatic carbocycles. The van der Waals surface area contributed by atoms with Gasteiger partial charge in [0.1, 0.15) is 0 Å². The molecule has 0 bridgehead atoms. The Morgan fingerprint density at radius 3 is 2.61 bits per heavy atom. The predicted molar refractivity (Wildman–Crippen MR) is 83.9 cm³/mol. The van der Waals surface area contributed by atoms with Gasteiger partial charge in [-0.15, -0.1) is 0 Å². The fraction of sp³-hybridized carbons (Fsp3) is 0.600. The topological polar surface area (TPSA) is 3.24 Å². The van der Waals surface area contributed by atoms with E-state index in [0.717, 1.165) is 28.4 Å². The molecule has 0 spiro atoms. The molecule has 0 unspecified atom stereocenters. The number of rotatable bonds is 4. The van der Waals surface area contributed by atoms with Crippen molar-refractivity contribution >= 4 is 33.2 Å². The van der Waals surface area contributed by atoms with Gasteiger partial charge in [-0.05, 0) is 36.5 Å². The number of benzene rings is 1. The number of nitrogens with zero attached hydrogens (tertiary/aromatic N) is 1. The number of hydrogen-bond acceptors (Lipinski definition) is 1. The molecule has 18 heavy (non-hydrogen) atoms. The second kappa shape index (κ2) is 6.81. The first-order valence-electron chi connectivity index (χ1n) is 6.76. The molecule has 1 aliphatic carbocycles. The van der Waals surface area contributed by atoms with E-state index in [1.807, 2.05) is 0 Å². The lowest BCUT2D eigenvalue weighted by Crippen LogP contribution is -2.26. The Balaban J connectivity index is 1.99. The van der Waals surface area contributed by atoms with Crippen LogP contribution in [0.3, 0.4) is 0 Å². The minimum atomic E-state index is 0.818. The van der Waals surface area contributed by atoms with Crippen LogP contribution in [0.25, 0.3) is 0 Å². The van der Waals surface area contributed by atoms with Gasteiger partial charge in [-0.3, -0.25) is 0 Å². The van der Waals surface area contributed by atoms with Crippen molar-refractivity contribution in [2.45, 2.75) is 37.4 Å². The van der Waals surface area contributed by atoms with Crippen molar-refractivity contribution < 1.29 is 0 Å². The average molecular weight is 331 g/mol. The molecule has 0 heterocycles. The summed E-state index contributed by atoms with van der Waals surface area (Å²) in [6.45, 7) is 1.16. The third-order valence-electron chi connectivity index (χ3n) is 3.88. The lowest BCUT2D eigenvalue weighted by atomic mass is 9.89. The van der Waals surface area contributed by atoms with Crippen LogP contribution in [-0.4, -0.2) is 13.6 Å². The van der Waals surface area contributed by atoms with Crippen molar-refractivity contribution in [3.05, 3.63) is 28.8 Å². The summed E-state index contributed by atoms with van der Waals surface area (Å²) in [4.78, 5) is 2.35. The molecular weight excluding hydrogens is 310 g/mol. The van der Waals surface area contributed by atoms with E-state index in [9.17, 15) is 0 Å². The molecule has 3 heteroatoms. The minimum Gasteiger partial charge on any atom is -0.374 e. The maximum Gasteiger partial charge on any atom is 0.0467 e. The number of halogens is 2. The van der Waals surface area contributed by atoms with Gasteiger partial charge >= 0.3 is 0 Å². The van der Waals surface area contributed by atoms with Crippen LogP contribution >= 0.6 is 27.5 Å². The molecule has 0 atom stereocenters. The third-order valence-corrected chi connectivity index (χ3v) is 4.83. The maximum atomic E-state index is 6.26. The Morgan fingerprint density at radius 1 is 1.28 bits per heavy atom. The molecule has 2 rings (SSSR count). The van der Waals surface area contributed by atoms with Crippen LogP contribution < -0.4 is 4.90 Å². The predicted octanol–water partition coefficient (Wildman–Crippen LogP) is 5.25. The summed E-state index contributed by atoms with van der Waals surface area (Å²) in [6, 6.07) is 6.37. The molecule has 1 aliphatic rings. The molecular formula is C15H21BrClN. The van der Waals surface area contributed by atoms with Crippen LogP contribution in [0.5, 0.6) is 0 Å². The smallest absolute Gasteiger partial charge is 0.0467 e. The summed E-state index contributed by atoms with van der Waals surface area (Å²) < 4.78 is 0. The second-order valence-corrected chi connectivity index (χ2v) is 6.26. The molecule has 0 radical (unpaired) electrons. The summed E-state index contributed by atoms with van der Waals surface area (Å²) in [5.41, 5.74) is 2.39. The number of hydrogen-bond donors (Lipinski definition) is 0. The Morgan fingerprint density at radius 2 is 2.00 bits per heavy atom. The van der Waals surface area contributed by atoms with E-state index in [0.29, 0.717) is 0 Å². The molecule has 1 fully saturated rings. The van der Waals surface area contributed by atoms with Gasteiger partial charge in [0, 0.05) is 29.6 Å². The van der Waals surface area contributed by atoms with Crippen molar-refractivity contribution in [2.75, 3.05) is 18.5 Å². The Kier molecular flexibility index (Phi) is 5.38. The Labute approximate surface area is 124 Å². The lowest BCUT2D eigenvalue weighted by Gasteiger charge is -2.28. The van der Waals surface area contributed by atoms with E-state index in [2.05, 4.69) is 46.1 Å². The number of alkyl halides is 1. The second-order valence-electron chi connectivity index (χ2n) is 5.29. The van der Waals surface area contributed by atoms with Crippen molar-refractivity contribution in [3.63, 3.8) is 0 Å². The zero-order valence-corrected chi connectivity index (χ0v) is 13.3. The standard InChI is InChI=1S/C15H21BrClN/c1-18(11-12-5-3-2-4-6-12)14-8-7-13(10-16)15(17)9-14/h7-9,12H,2-6,10-11H2,1H3. The zero-order chi connectivity index (χ0) is 13.0. The molecule has 1 nitrogen and oxygen atoms in total. The molecule has 1 saturated carbocycles. The molecule has 0 aromatic heterocycles. The summed E-state index contributed by atoms with van der Waals surface area (Å²) in [5, 5.41) is 1.68. The van der Waals surface area contributed by atoms with E-state index < -0.39 is 0 Å². The van der Waals surface area contributed by atoms with Crippen LogP contribution in [0.4, 0.5) is 5.69 Å². The van der Waals surface area contributed by atoms with Crippen molar-refractivity contribution in [1.82, 2.24) is 0 Å². The highest BCUT2D eigenvalue weighted by Gasteiger charge is 2.16. The van der Waals surface area contributed by atoms with Gasteiger partial charge in [-0.1, -0.05) is 52.9 Å². The highest BCUT2D eigenvalue weighted by Crippen LogP contribution is 2.28. The van der Waals surface area contributed by atoms with Gasteiger partial charge in [0.15, 0.2) is 0 Å². The fourth-order valence-electron chi connectivity index (χ4n) is 2.74. The average Bonchev–Trinajstić information content (AvgIpc) is 2.39. The summed E-state index contributed by atoms with van der Waals surface area (Å²) in [5.74, 6) is 0.860. The molecule has 0 saturated heterocycles. The van der Waals surface area contributed by atoms with E-state index in [1.165, 1.54) is 37.8 Å². The van der Waals surface area contributed by atoms with Crippen molar-refractivity contribution in [1.29, 1.82) is 0 Å². The fourth-order valence-corrected chi connectivity index (χ4v) is 3.64. The molecule has 1 aromatic rings. The minimum absolute atomic E-state index is 0.818. The number of anilines is 1. The van der Waals surface area contributed by atoms with Gasteiger partial charge in [-0.25, -0.2) is 0 Å². The molecule has 0 aliphatic heterocycles. The van der Waals surface area contributed by atoms with Gasteiger partial charge in [-0.2, -0.15) is 0 Å². The third kappa shape index (κ3) is 3.64. The monoisotopic (exact) mass is 329 g/mol. The first-order chi connectivity index (χ1) is 8.70. The van der Waals surface area contributed by atoms with E-state index in [1.54, 1.807) is 0 Å². The van der Waals surface area contributed by atoms with Crippen molar-refractivity contribution in [3.8, 4) is 0 Å². The normalized spacial score (nSPS) is 16.8. The van der Waals surface area contributed by atoms with Crippen molar-refractivity contribution in [2.24, 2.45) is 5.92 Å². The first kappa shape index (κ1) is 14.2. The van der Waals surface area contributed by atoms with Crippen LogP contribution in [0.15, 0.2) is 18.2 Å². The molecule has 0 amide bonds. The van der Waals surface area contributed by atoms with E-state index in [4.69, 9.17) is 11.6 Å². The largest absolute Gasteiger partial charge is 0.374 e. The van der Waals surface area contributed by atoms with Crippen LogP contribution in [0.1, 0.15) is 37.7 Å². The van der Waals surface area contributed by atoms with Crippen LogP contribution in [0.2, 0.25) is 5.02 Å². The molecule has 0 N–H and O–H groups in total. The van der Waals surface area contributed by atoms with E-state index in [-0.39, 0.29) is 0 Å². The Hall–Kier alpha value is -0.210. The van der Waals surface area contributed by atoms with Gasteiger partial charge < -0.3 is 4.90 Å². The van der Waals surface area contributed by atoms with Gasteiger partial charge in [0.2, 0.25) is 0 Å². The maximum absolute atomic E-state index is 6.26. The Bertz CT molecular complexity index is 388. The zero-order valence-electron chi connectivity index (χ0n) is 11.0. The molecule has 100 valence electrons. The highest BCUT2D eigenvalue weighted by atomic mass is 79.9. The van der Waals surface area contributed by atoms with Crippen LogP contribution in [-0.2, 0) is 5.33 Å². The first-order valence-corrected chi connectivity index (χ1v) is 8.26. The highest BCUT2D eigenvalue weighted by molar-refractivity contribution is 9.08. The lowest BCUT2D eigenvalue weighted by molar-refractivity contribution is 0.362. The van der Waals surface area contributed by atoms with Crippen LogP contribution in [0, 0.1) is 5.92 Å². The quantitative estimate of drug-likeness (QED) is 0.681.